The lowest BCUT2D eigenvalue weighted by atomic mass is 10.0. The summed E-state index contributed by atoms with van der Waals surface area (Å²) in [5.41, 5.74) is 1.72. The molecule has 9 nitrogen and oxygen atoms in total. The number of hydrogen-bond acceptors (Lipinski definition) is 6. The molecule has 3 rings (SSSR count). The first-order valence-electron chi connectivity index (χ1n) is 13.5. The smallest absolute Gasteiger partial charge is 0.244 e. The third-order valence-electron chi connectivity index (χ3n) is 6.87. The number of carbonyl (C=O) groups is 2. The highest BCUT2D eigenvalue weighted by molar-refractivity contribution is 7.92. The van der Waals surface area contributed by atoms with E-state index in [1.54, 1.807) is 36.4 Å². The maximum Gasteiger partial charge on any atom is 0.244 e. The monoisotopic (exact) mass is 615 g/mol. The SMILES string of the molecule is CC[C@H](C)NC(=O)[C@@H](Cc1ccccc1)N(Cc1ccc(Cl)cc1)C(=O)CN(c1cc(OC)ccc1OC)S(C)(=O)=O. The van der Waals surface area contributed by atoms with Crippen LogP contribution in [0.25, 0.3) is 0 Å². The van der Waals surface area contributed by atoms with E-state index in [1.165, 1.54) is 25.2 Å². The number of sulfonamides is 1. The Bertz CT molecular complexity index is 1450. The summed E-state index contributed by atoms with van der Waals surface area (Å²) < 4.78 is 37.9. The quantitative estimate of drug-likeness (QED) is 0.282. The minimum absolute atomic E-state index is 0.0499. The Morgan fingerprint density at radius 3 is 2.19 bits per heavy atom. The van der Waals surface area contributed by atoms with Crippen LogP contribution in [0.3, 0.4) is 0 Å². The topological polar surface area (TPSA) is 105 Å². The van der Waals surface area contributed by atoms with Crippen LogP contribution in [0, 0.1) is 0 Å². The first-order chi connectivity index (χ1) is 20.0. The molecule has 0 heterocycles. The maximum atomic E-state index is 14.2. The third-order valence-corrected chi connectivity index (χ3v) is 8.25. The van der Waals surface area contributed by atoms with E-state index in [9.17, 15) is 18.0 Å². The van der Waals surface area contributed by atoms with Crippen LogP contribution in [0.2, 0.25) is 5.02 Å². The molecule has 0 aliphatic rings. The number of amides is 2. The summed E-state index contributed by atoms with van der Waals surface area (Å²) in [4.78, 5) is 29.4. The van der Waals surface area contributed by atoms with Gasteiger partial charge in [-0.3, -0.25) is 13.9 Å². The van der Waals surface area contributed by atoms with Crippen LogP contribution in [0.4, 0.5) is 5.69 Å². The van der Waals surface area contributed by atoms with Gasteiger partial charge in [-0.05, 0) is 48.7 Å². The lowest BCUT2D eigenvalue weighted by Crippen LogP contribution is -2.54. The Morgan fingerprint density at radius 1 is 0.952 bits per heavy atom. The molecular formula is C31H38ClN3O6S. The molecule has 2 atom stereocenters. The van der Waals surface area contributed by atoms with Gasteiger partial charge in [-0.15, -0.1) is 0 Å². The fourth-order valence-electron chi connectivity index (χ4n) is 4.37. The van der Waals surface area contributed by atoms with Crippen LogP contribution in [0.15, 0.2) is 72.8 Å². The summed E-state index contributed by atoms with van der Waals surface area (Å²) in [5.74, 6) is -0.269. The van der Waals surface area contributed by atoms with E-state index in [-0.39, 0.29) is 36.4 Å². The molecule has 0 spiro atoms. The van der Waals surface area contributed by atoms with Crippen molar-refractivity contribution in [2.75, 3.05) is 31.3 Å². The molecule has 0 aliphatic heterocycles. The zero-order chi connectivity index (χ0) is 30.9. The molecule has 0 saturated carbocycles. The molecule has 42 heavy (non-hydrogen) atoms. The standard InChI is InChI=1S/C31H38ClN3O6S/c1-6-22(2)33-31(37)28(18-23-10-8-7-9-11-23)34(20-24-12-14-25(32)15-13-24)30(36)21-35(42(5,38)39)27-19-26(40-3)16-17-29(27)41-4/h7-17,19,22,28H,6,18,20-21H2,1-5H3,(H,33,37)/t22-,28+/m0/s1. The van der Waals surface area contributed by atoms with Gasteiger partial charge in [-0.25, -0.2) is 8.42 Å². The predicted octanol–water partition coefficient (Wildman–Crippen LogP) is 4.68. The van der Waals surface area contributed by atoms with Crippen molar-refractivity contribution in [2.45, 2.75) is 45.3 Å². The Balaban J connectivity index is 2.11. The first-order valence-corrected chi connectivity index (χ1v) is 15.8. The lowest BCUT2D eigenvalue weighted by molar-refractivity contribution is -0.140. The first kappa shape index (κ1) is 32.8. The van der Waals surface area contributed by atoms with Crippen molar-refractivity contribution in [1.82, 2.24) is 10.2 Å². The van der Waals surface area contributed by atoms with Crippen molar-refractivity contribution in [1.29, 1.82) is 0 Å². The molecule has 0 unspecified atom stereocenters. The molecule has 2 amide bonds. The normalized spacial score (nSPS) is 12.6. The van der Waals surface area contributed by atoms with E-state index in [2.05, 4.69) is 5.32 Å². The predicted molar refractivity (Wildman–Crippen MR) is 166 cm³/mol. The summed E-state index contributed by atoms with van der Waals surface area (Å²) in [6.45, 7) is 3.33. The highest BCUT2D eigenvalue weighted by Gasteiger charge is 2.34. The van der Waals surface area contributed by atoms with Crippen LogP contribution < -0.4 is 19.1 Å². The Labute approximate surface area is 253 Å². The molecule has 0 saturated heterocycles. The molecule has 11 heteroatoms. The second-order valence-electron chi connectivity index (χ2n) is 9.98. The Kier molecular flexibility index (Phi) is 11.6. The van der Waals surface area contributed by atoms with Gasteiger partial charge in [0.1, 0.15) is 24.1 Å². The van der Waals surface area contributed by atoms with Crippen LogP contribution in [0.1, 0.15) is 31.4 Å². The molecule has 0 aliphatic carbocycles. The van der Waals surface area contributed by atoms with Gasteiger partial charge in [0.25, 0.3) is 0 Å². The van der Waals surface area contributed by atoms with Gasteiger partial charge in [0.05, 0.1) is 26.2 Å². The van der Waals surface area contributed by atoms with Crippen LogP contribution >= 0.6 is 11.6 Å². The molecule has 0 bridgehead atoms. The minimum Gasteiger partial charge on any atom is -0.497 e. The average Bonchev–Trinajstić information content (AvgIpc) is 2.97. The van der Waals surface area contributed by atoms with Gasteiger partial charge in [0.15, 0.2) is 0 Å². The number of methoxy groups -OCH3 is 2. The van der Waals surface area contributed by atoms with Gasteiger partial charge < -0.3 is 19.7 Å². The zero-order valence-electron chi connectivity index (χ0n) is 24.5. The number of nitrogens with one attached hydrogen (secondary N) is 1. The molecule has 3 aromatic rings. The molecule has 0 fully saturated rings. The number of anilines is 1. The van der Waals surface area contributed by atoms with Gasteiger partial charge in [-0.2, -0.15) is 0 Å². The van der Waals surface area contributed by atoms with E-state index in [1.807, 2.05) is 44.2 Å². The van der Waals surface area contributed by atoms with Crippen molar-refractivity contribution >= 4 is 39.1 Å². The molecule has 3 aromatic carbocycles. The number of halogens is 1. The van der Waals surface area contributed by atoms with Crippen molar-refractivity contribution in [3.8, 4) is 11.5 Å². The third kappa shape index (κ3) is 8.87. The Hall–Kier alpha value is -3.76. The molecule has 226 valence electrons. The van der Waals surface area contributed by atoms with Gasteiger partial charge >= 0.3 is 0 Å². The zero-order valence-corrected chi connectivity index (χ0v) is 26.1. The Morgan fingerprint density at radius 2 is 1.62 bits per heavy atom. The highest BCUT2D eigenvalue weighted by atomic mass is 35.5. The number of ether oxygens (including phenoxy) is 2. The van der Waals surface area contributed by atoms with E-state index >= 15 is 0 Å². The largest absolute Gasteiger partial charge is 0.497 e. The number of nitrogens with zero attached hydrogens (tertiary/aromatic N) is 2. The summed E-state index contributed by atoms with van der Waals surface area (Å²) in [6.07, 6.45) is 1.94. The minimum atomic E-state index is -3.98. The number of carbonyl (C=O) groups excluding carboxylic acids is 2. The summed E-state index contributed by atoms with van der Waals surface area (Å²) >= 11 is 6.10. The number of rotatable bonds is 14. The van der Waals surface area contributed by atoms with E-state index in [0.29, 0.717) is 17.2 Å². The van der Waals surface area contributed by atoms with E-state index in [0.717, 1.165) is 21.7 Å². The molecular weight excluding hydrogens is 578 g/mol. The lowest BCUT2D eigenvalue weighted by Gasteiger charge is -2.34. The fourth-order valence-corrected chi connectivity index (χ4v) is 5.34. The van der Waals surface area contributed by atoms with Crippen molar-refractivity contribution < 1.29 is 27.5 Å². The maximum absolute atomic E-state index is 14.2. The number of hydrogen-bond donors (Lipinski definition) is 1. The van der Waals surface area contributed by atoms with Gasteiger partial charge in [0, 0.05) is 30.1 Å². The van der Waals surface area contributed by atoms with Crippen LogP contribution in [-0.4, -0.2) is 64.2 Å². The van der Waals surface area contributed by atoms with Crippen molar-refractivity contribution in [2.24, 2.45) is 0 Å². The molecule has 1 N–H and O–H groups in total. The second-order valence-corrected chi connectivity index (χ2v) is 12.3. The van der Waals surface area contributed by atoms with E-state index < -0.39 is 28.5 Å². The van der Waals surface area contributed by atoms with Crippen LogP contribution in [-0.2, 0) is 32.6 Å². The van der Waals surface area contributed by atoms with Crippen molar-refractivity contribution in [3.63, 3.8) is 0 Å². The average molecular weight is 616 g/mol. The number of benzene rings is 3. The summed E-state index contributed by atoms with van der Waals surface area (Å²) in [7, 11) is -1.11. The molecule has 0 radical (unpaired) electrons. The fraction of sp³-hybridized carbons (Fsp3) is 0.355. The van der Waals surface area contributed by atoms with E-state index in [4.69, 9.17) is 21.1 Å². The summed E-state index contributed by atoms with van der Waals surface area (Å²) in [5, 5.41) is 3.53. The molecule has 0 aromatic heterocycles. The van der Waals surface area contributed by atoms with Crippen molar-refractivity contribution in [3.05, 3.63) is 88.9 Å². The van der Waals surface area contributed by atoms with Crippen LogP contribution in [0.5, 0.6) is 11.5 Å². The second kappa shape index (κ2) is 14.9. The summed E-state index contributed by atoms with van der Waals surface area (Å²) in [6, 6.07) is 20.0. The van der Waals surface area contributed by atoms with Gasteiger partial charge in [0.2, 0.25) is 21.8 Å². The highest BCUT2D eigenvalue weighted by Crippen LogP contribution is 2.34. The van der Waals surface area contributed by atoms with Gasteiger partial charge in [-0.1, -0.05) is 61.0 Å².